The van der Waals surface area contributed by atoms with Gasteiger partial charge < -0.3 is 19.1 Å². The molecular weight excluding hydrogens is 356 g/mol. The van der Waals surface area contributed by atoms with Crippen LogP contribution in [0.15, 0.2) is 24.3 Å². The molecule has 0 spiro atoms. The SMILES string of the molecule is CC(C)(C)OC(=O)N1[C@@H]2CC[C@H]1CC(OCc1ccccc1OC(F)F)C2. The van der Waals surface area contributed by atoms with Crippen molar-refractivity contribution in [2.75, 3.05) is 0 Å². The molecular formula is C20H27F2NO4. The predicted octanol–water partition coefficient (Wildman–Crippen LogP) is 4.74. The Morgan fingerprint density at radius 3 is 2.41 bits per heavy atom. The lowest BCUT2D eigenvalue weighted by atomic mass is 10.00. The summed E-state index contributed by atoms with van der Waals surface area (Å²) >= 11 is 0. The third kappa shape index (κ3) is 5.09. The Bertz CT molecular complexity index is 648. The van der Waals surface area contributed by atoms with Gasteiger partial charge in [-0.2, -0.15) is 8.78 Å². The van der Waals surface area contributed by atoms with E-state index in [-0.39, 0.29) is 36.6 Å². The van der Waals surface area contributed by atoms with E-state index in [1.807, 2.05) is 25.7 Å². The first kappa shape index (κ1) is 19.9. The van der Waals surface area contributed by atoms with Crippen LogP contribution in [0.3, 0.4) is 0 Å². The van der Waals surface area contributed by atoms with Crippen molar-refractivity contribution in [1.82, 2.24) is 4.90 Å². The van der Waals surface area contributed by atoms with Gasteiger partial charge >= 0.3 is 12.7 Å². The van der Waals surface area contributed by atoms with Crippen LogP contribution in [0.2, 0.25) is 0 Å². The largest absolute Gasteiger partial charge is 0.444 e. The fraction of sp³-hybridized carbons (Fsp3) is 0.650. The molecule has 2 aliphatic rings. The van der Waals surface area contributed by atoms with E-state index in [1.165, 1.54) is 6.07 Å². The number of ether oxygens (including phenoxy) is 3. The summed E-state index contributed by atoms with van der Waals surface area (Å²) in [6.45, 7) is 2.93. The number of hydrogen-bond donors (Lipinski definition) is 0. The molecule has 1 unspecified atom stereocenters. The summed E-state index contributed by atoms with van der Waals surface area (Å²) in [6.07, 6.45) is 3.07. The standard InChI is InChI=1S/C20H27F2NO4/c1-20(2,3)27-19(24)23-14-8-9-15(23)11-16(10-14)25-12-13-6-4-5-7-17(13)26-18(21)22/h4-7,14-16,18H,8-12H2,1-3H3/t14-,15+,16?. The first-order chi connectivity index (χ1) is 12.7. The lowest BCUT2D eigenvalue weighted by Crippen LogP contribution is -2.50. The molecule has 7 heteroatoms. The Hall–Kier alpha value is -1.89. The van der Waals surface area contributed by atoms with E-state index in [9.17, 15) is 13.6 Å². The molecule has 2 bridgehead atoms. The summed E-state index contributed by atoms with van der Waals surface area (Å²) in [5.41, 5.74) is 0.0814. The molecule has 1 aromatic carbocycles. The number of amides is 1. The molecule has 1 amide bonds. The van der Waals surface area contributed by atoms with Crippen LogP contribution >= 0.6 is 0 Å². The average Bonchev–Trinajstić information content (AvgIpc) is 2.83. The van der Waals surface area contributed by atoms with Crippen LogP contribution in [0, 0.1) is 0 Å². The molecule has 0 aliphatic carbocycles. The molecule has 0 saturated carbocycles. The quantitative estimate of drug-likeness (QED) is 0.737. The topological polar surface area (TPSA) is 48.0 Å². The Kier molecular flexibility index (Phi) is 5.89. The molecule has 0 radical (unpaired) electrons. The van der Waals surface area contributed by atoms with Gasteiger partial charge in [-0.3, -0.25) is 0 Å². The molecule has 2 saturated heterocycles. The van der Waals surface area contributed by atoms with Crippen LogP contribution in [0.1, 0.15) is 52.0 Å². The zero-order valence-corrected chi connectivity index (χ0v) is 16.0. The highest BCUT2D eigenvalue weighted by Gasteiger charge is 2.45. The minimum atomic E-state index is -2.86. The molecule has 27 heavy (non-hydrogen) atoms. The van der Waals surface area contributed by atoms with Crippen LogP contribution in [0.4, 0.5) is 13.6 Å². The molecule has 0 N–H and O–H groups in total. The molecule has 3 atom stereocenters. The number of alkyl halides is 2. The van der Waals surface area contributed by atoms with Gasteiger partial charge in [-0.25, -0.2) is 4.79 Å². The van der Waals surface area contributed by atoms with Gasteiger partial charge in [0, 0.05) is 17.6 Å². The summed E-state index contributed by atoms with van der Waals surface area (Å²) in [4.78, 5) is 14.3. The van der Waals surface area contributed by atoms with E-state index in [4.69, 9.17) is 9.47 Å². The van der Waals surface area contributed by atoms with Crippen LogP contribution in [-0.4, -0.2) is 41.4 Å². The van der Waals surface area contributed by atoms with E-state index in [2.05, 4.69) is 4.74 Å². The fourth-order valence-electron chi connectivity index (χ4n) is 3.92. The van der Waals surface area contributed by atoms with E-state index in [0.717, 1.165) is 25.7 Å². The average molecular weight is 383 g/mol. The molecule has 150 valence electrons. The number of piperidine rings is 1. The van der Waals surface area contributed by atoms with Gasteiger partial charge in [0.25, 0.3) is 0 Å². The lowest BCUT2D eigenvalue weighted by molar-refractivity contribution is -0.0550. The van der Waals surface area contributed by atoms with Crippen molar-refractivity contribution in [2.45, 2.75) is 83.5 Å². The van der Waals surface area contributed by atoms with E-state index >= 15 is 0 Å². The number of hydrogen-bond acceptors (Lipinski definition) is 4. The molecule has 2 heterocycles. The number of nitrogens with zero attached hydrogens (tertiary/aromatic N) is 1. The Labute approximate surface area is 158 Å². The monoisotopic (exact) mass is 383 g/mol. The molecule has 5 nitrogen and oxygen atoms in total. The maximum Gasteiger partial charge on any atom is 0.410 e. The number of carbonyl (C=O) groups excluding carboxylic acids is 1. The highest BCUT2D eigenvalue weighted by molar-refractivity contribution is 5.69. The summed E-state index contributed by atoms with van der Waals surface area (Å²) in [5.74, 6) is 0.140. The predicted molar refractivity (Wildman–Crippen MR) is 95.8 cm³/mol. The van der Waals surface area contributed by atoms with Crippen molar-refractivity contribution in [3.8, 4) is 5.75 Å². The minimum absolute atomic E-state index is 0.0132. The third-order valence-corrected chi connectivity index (χ3v) is 4.96. The van der Waals surface area contributed by atoms with E-state index < -0.39 is 12.2 Å². The van der Waals surface area contributed by atoms with Crippen molar-refractivity contribution in [2.24, 2.45) is 0 Å². The zero-order valence-electron chi connectivity index (χ0n) is 16.0. The normalized spacial score (nSPS) is 25.0. The van der Waals surface area contributed by atoms with Crippen molar-refractivity contribution < 1.29 is 27.8 Å². The van der Waals surface area contributed by atoms with Gasteiger partial charge in [0.15, 0.2) is 0 Å². The van der Waals surface area contributed by atoms with Gasteiger partial charge in [0.1, 0.15) is 11.4 Å². The highest BCUT2D eigenvalue weighted by Crippen LogP contribution is 2.38. The van der Waals surface area contributed by atoms with E-state index in [0.29, 0.717) is 5.56 Å². The number of fused-ring (bicyclic) bond motifs is 2. The number of carbonyl (C=O) groups is 1. The maximum absolute atomic E-state index is 12.5. The zero-order chi connectivity index (χ0) is 19.6. The van der Waals surface area contributed by atoms with Gasteiger partial charge in [-0.15, -0.1) is 0 Å². The van der Waals surface area contributed by atoms with Gasteiger partial charge in [-0.05, 0) is 52.5 Å². The summed E-state index contributed by atoms with van der Waals surface area (Å²) in [6, 6.07) is 6.88. The van der Waals surface area contributed by atoms with Crippen molar-refractivity contribution in [3.63, 3.8) is 0 Å². The van der Waals surface area contributed by atoms with E-state index in [1.54, 1.807) is 18.2 Å². The highest BCUT2D eigenvalue weighted by atomic mass is 19.3. The minimum Gasteiger partial charge on any atom is -0.444 e. The molecule has 3 rings (SSSR count). The van der Waals surface area contributed by atoms with Crippen LogP contribution in [0.25, 0.3) is 0 Å². The van der Waals surface area contributed by atoms with Gasteiger partial charge in [0.2, 0.25) is 0 Å². The van der Waals surface area contributed by atoms with Crippen LogP contribution in [0.5, 0.6) is 5.75 Å². The summed E-state index contributed by atoms with van der Waals surface area (Å²) in [7, 11) is 0. The second-order valence-electron chi connectivity index (χ2n) is 8.16. The summed E-state index contributed by atoms with van der Waals surface area (Å²) < 4.78 is 41.1. The molecule has 2 aliphatic heterocycles. The van der Waals surface area contributed by atoms with Crippen molar-refractivity contribution >= 4 is 6.09 Å². The second-order valence-corrected chi connectivity index (χ2v) is 8.16. The summed E-state index contributed by atoms with van der Waals surface area (Å²) in [5, 5.41) is 0. The second kappa shape index (κ2) is 8.00. The Morgan fingerprint density at radius 1 is 1.19 bits per heavy atom. The first-order valence-corrected chi connectivity index (χ1v) is 9.38. The van der Waals surface area contributed by atoms with Gasteiger partial charge in [0.05, 0.1) is 12.7 Å². The lowest BCUT2D eigenvalue weighted by Gasteiger charge is -2.39. The van der Waals surface area contributed by atoms with Crippen LogP contribution in [-0.2, 0) is 16.1 Å². The molecule has 0 aromatic heterocycles. The van der Waals surface area contributed by atoms with Crippen LogP contribution < -0.4 is 4.74 Å². The number of rotatable bonds is 5. The smallest absolute Gasteiger partial charge is 0.410 e. The maximum atomic E-state index is 12.5. The van der Waals surface area contributed by atoms with Crippen molar-refractivity contribution in [1.29, 1.82) is 0 Å². The third-order valence-electron chi connectivity index (χ3n) is 4.96. The van der Waals surface area contributed by atoms with Gasteiger partial charge in [-0.1, -0.05) is 18.2 Å². The Balaban J connectivity index is 1.57. The fourth-order valence-corrected chi connectivity index (χ4v) is 3.92. The molecule has 2 fully saturated rings. The van der Waals surface area contributed by atoms with Crippen molar-refractivity contribution in [3.05, 3.63) is 29.8 Å². The Morgan fingerprint density at radius 2 is 1.81 bits per heavy atom. The molecule has 1 aromatic rings. The number of para-hydroxylation sites is 1. The number of halogens is 2. The first-order valence-electron chi connectivity index (χ1n) is 9.38. The number of benzene rings is 1.